The molecule has 0 spiro atoms. The maximum absolute atomic E-state index is 4.74. The van der Waals surface area contributed by atoms with Crippen molar-refractivity contribution in [3.63, 3.8) is 0 Å². The Morgan fingerprint density at radius 3 is 2.76 bits per heavy atom. The van der Waals surface area contributed by atoms with E-state index in [1.165, 1.54) is 24.0 Å². The monoisotopic (exact) mass is 387 g/mol. The molecule has 2 aromatic rings. The third-order valence-corrected chi connectivity index (χ3v) is 4.87. The molecule has 0 bridgehead atoms. The Balaban J connectivity index is 1.94. The third-order valence-electron chi connectivity index (χ3n) is 4.87. The topological polar surface area (TPSA) is 54.6 Å². The Bertz CT molecular complexity index is 1000. The number of nitrogens with zero attached hydrogens (tertiary/aromatic N) is 4. The quantitative estimate of drug-likeness (QED) is 0.479. The number of benzene rings is 1. The molecular formula is C24H29N5. The van der Waals surface area contributed by atoms with Gasteiger partial charge in [-0.25, -0.2) is 0 Å². The zero-order valence-corrected chi connectivity index (χ0v) is 17.7. The summed E-state index contributed by atoms with van der Waals surface area (Å²) in [6.07, 6.45) is 11.9. The van der Waals surface area contributed by atoms with Crippen molar-refractivity contribution in [3.8, 4) is 11.3 Å². The largest absolute Gasteiger partial charge is 0.352 e. The first kappa shape index (κ1) is 20.5. The van der Waals surface area contributed by atoms with E-state index < -0.39 is 0 Å². The van der Waals surface area contributed by atoms with E-state index in [2.05, 4.69) is 46.1 Å². The second kappa shape index (κ2) is 9.32. The molecule has 1 heterocycles. The molecule has 0 amide bonds. The zero-order valence-electron chi connectivity index (χ0n) is 17.7. The van der Waals surface area contributed by atoms with Crippen LogP contribution in [0.15, 0.2) is 76.1 Å². The van der Waals surface area contributed by atoms with Crippen molar-refractivity contribution in [3.05, 3.63) is 71.7 Å². The highest BCUT2D eigenvalue weighted by Gasteiger charge is 2.27. The summed E-state index contributed by atoms with van der Waals surface area (Å²) < 4.78 is 1.84. The van der Waals surface area contributed by atoms with Crippen molar-refractivity contribution in [1.29, 1.82) is 0 Å². The van der Waals surface area contributed by atoms with Gasteiger partial charge >= 0.3 is 0 Å². The number of nitrogens with one attached hydrogen (secondary N) is 1. The fourth-order valence-electron chi connectivity index (χ4n) is 3.30. The highest BCUT2D eigenvalue weighted by Crippen LogP contribution is 2.45. The first-order valence-corrected chi connectivity index (χ1v) is 9.92. The maximum Gasteiger partial charge on any atom is 0.116 e. The van der Waals surface area contributed by atoms with Crippen LogP contribution in [0.2, 0.25) is 0 Å². The van der Waals surface area contributed by atoms with E-state index >= 15 is 0 Å². The number of hydrogen-bond acceptors (Lipinski definition) is 4. The minimum atomic E-state index is 0.648. The van der Waals surface area contributed by atoms with Crippen molar-refractivity contribution in [2.75, 3.05) is 12.4 Å². The molecule has 1 aliphatic carbocycles. The van der Waals surface area contributed by atoms with Crippen LogP contribution in [-0.4, -0.2) is 29.3 Å². The number of hydrogen-bond donors (Lipinski definition) is 1. The van der Waals surface area contributed by atoms with Gasteiger partial charge in [0, 0.05) is 55.3 Å². The summed E-state index contributed by atoms with van der Waals surface area (Å²) in [7, 11) is 3.69. The van der Waals surface area contributed by atoms with E-state index in [1.807, 2.05) is 43.9 Å². The van der Waals surface area contributed by atoms with Gasteiger partial charge in [-0.2, -0.15) is 5.10 Å². The summed E-state index contributed by atoms with van der Waals surface area (Å²) in [5.41, 5.74) is 6.87. The number of aryl methyl sites for hydroxylation is 1. The number of anilines is 1. The molecule has 1 aliphatic rings. The van der Waals surface area contributed by atoms with Gasteiger partial charge in [-0.1, -0.05) is 36.9 Å². The molecule has 1 saturated carbocycles. The molecule has 0 unspecified atom stereocenters. The Labute approximate surface area is 173 Å². The van der Waals surface area contributed by atoms with Crippen LogP contribution in [0.25, 0.3) is 11.3 Å². The number of allylic oxidation sites excluding steroid dienone is 4. The third kappa shape index (κ3) is 4.99. The molecule has 1 aromatic carbocycles. The molecule has 0 atom stereocenters. The van der Waals surface area contributed by atoms with E-state index in [4.69, 9.17) is 5.10 Å². The molecule has 5 nitrogen and oxygen atoms in total. The highest BCUT2D eigenvalue weighted by molar-refractivity contribution is 5.89. The van der Waals surface area contributed by atoms with Crippen LogP contribution in [0.3, 0.4) is 0 Å². The standard InChI is InChI=1S/C24H29N5/c1-6-7-14-26-17(2)22(15-25-4)18(3)27-23-16-29(5)28-24(23)21-11-9-8-10-20(21)19-12-13-19/h6-11,14-16,19,27H,3,12-13H2,1-2,4-5H3/b7-6-,22-17-,25-15-,26-14-. The van der Waals surface area contributed by atoms with E-state index in [0.29, 0.717) is 5.92 Å². The molecule has 3 rings (SSSR count). The van der Waals surface area contributed by atoms with Crippen molar-refractivity contribution < 1.29 is 0 Å². The number of aromatic nitrogens is 2. The SMILES string of the molecule is C=C(Nc1cn(C)nc1-c1ccccc1C1CC1)C(/C=N\C)=C(C)\N=C/C=C\C. The molecule has 0 saturated heterocycles. The lowest BCUT2D eigenvalue weighted by atomic mass is 10.00. The smallest absolute Gasteiger partial charge is 0.116 e. The maximum atomic E-state index is 4.74. The van der Waals surface area contributed by atoms with Crippen LogP contribution >= 0.6 is 0 Å². The minimum absolute atomic E-state index is 0.648. The second-order valence-corrected chi connectivity index (χ2v) is 7.22. The number of rotatable bonds is 8. The van der Waals surface area contributed by atoms with Crippen LogP contribution in [0, 0.1) is 0 Å². The van der Waals surface area contributed by atoms with Gasteiger partial charge in [0.15, 0.2) is 0 Å². The molecule has 1 fully saturated rings. The van der Waals surface area contributed by atoms with Gasteiger partial charge in [-0.3, -0.25) is 14.7 Å². The van der Waals surface area contributed by atoms with Gasteiger partial charge in [0.2, 0.25) is 0 Å². The van der Waals surface area contributed by atoms with Crippen molar-refractivity contribution >= 4 is 18.1 Å². The summed E-state index contributed by atoms with van der Waals surface area (Å²) in [5, 5.41) is 8.19. The van der Waals surface area contributed by atoms with Gasteiger partial charge in [0.05, 0.1) is 5.69 Å². The van der Waals surface area contributed by atoms with Crippen molar-refractivity contribution in [2.24, 2.45) is 17.0 Å². The van der Waals surface area contributed by atoms with E-state index in [1.54, 1.807) is 19.5 Å². The predicted octanol–water partition coefficient (Wildman–Crippen LogP) is 5.51. The summed E-state index contributed by atoms with van der Waals surface area (Å²) in [4.78, 5) is 8.66. The van der Waals surface area contributed by atoms with Crippen LogP contribution in [-0.2, 0) is 7.05 Å². The predicted molar refractivity (Wildman–Crippen MR) is 124 cm³/mol. The van der Waals surface area contributed by atoms with Gasteiger partial charge < -0.3 is 5.32 Å². The lowest BCUT2D eigenvalue weighted by Gasteiger charge is -2.13. The van der Waals surface area contributed by atoms with E-state index in [-0.39, 0.29) is 0 Å². The van der Waals surface area contributed by atoms with Gasteiger partial charge in [-0.05, 0) is 44.2 Å². The molecule has 0 radical (unpaired) electrons. The Kier molecular flexibility index (Phi) is 6.60. The van der Waals surface area contributed by atoms with Crippen LogP contribution in [0.5, 0.6) is 0 Å². The normalized spacial score (nSPS) is 15.4. The second-order valence-electron chi connectivity index (χ2n) is 7.22. The van der Waals surface area contributed by atoms with Crippen molar-refractivity contribution in [1.82, 2.24) is 9.78 Å². The molecule has 0 aliphatic heterocycles. The zero-order chi connectivity index (χ0) is 20.8. The van der Waals surface area contributed by atoms with Crippen LogP contribution in [0.4, 0.5) is 5.69 Å². The average Bonchev–Trinajstić information content (AvgIpc) is 3.49. The van der Waals surface area contributed by atoms with Crippen LogP contribution in [0.1, 0.15) is 38.2 Å². The van der Waals surface area contributed by atoms with Crippen LogP contribution < -0.4 is 5.32 Å². The molecule has 1 aromatic heterocycles. The summed E-state index contributed by atoms with van der Waals surface area (Å²) >= 11 is 0. The Morgan fingerprint density at radius 2 is 2.07 bits per heavy atom. The van der Waals surface area contributed by atoms with Gasteiger partial charge in [0.25, 0.3) is 0 Å². The average molecular weight is 388 g/mol. The first-order chi connectivity index (χ1) is 14.0. The highest BCUT2D eigenvalue weighted by atomic mass is 15.3. The molecule has 1 N–H and O–H groups in total. The van der Waals surface area contributed by atoms with E-state index in [0.717, 1.165) is 28.3 Å². The summed E-state index contributed by atoms with van der Waals surface area (Å²) in [6.45, 7) is 8.16. The summed E-state index contributed by atoms with van der Waals surface area (Å²) in [6, 6.07) is 8.55. The molecule has 29 heavy (non-hydrogen) atoms. The van der Waals surface area contributed by atoms with E-state index in [9.17, 15) is 0 Å². The fourth-order valence-corrected chi connectivity index (χ4v) is 3.30. The molecule has 5 heteroatoms. The molecular weight excluding hydrogens is 358 g/mol. The Morgan fingerprint density at radius 1 is 1.31 bits per heavy atom. The fraction of sp³-hybridized carbons (Fsp3) is 0.292. The van der Waals surface area contributed by atoms with Crippen molar-refractivity contribution in [2.45, 2.75) is 32.6 Å². The molecule has 150 valence electrons. The lowest BCUT2D eigenvalue weighted by Crippen LogP contribution is -2.05. The van der Waals surface area contributed by atoms with Gasteiger partial charge in [-0.15, -0.1) is 0 Å². The number of aliphatic imine (C=N–C) groups is 2. The lowest BCUT2D eigenvalue weighted by molar-refractivity contribution is 0.770. The summed E-state index contributed by atoms with van der Waals surface area (Å²) in [5.74, 6) is 0.648. The Hall–Kier alpha value is -3.21. The van der Waals surface area contributed by atoms with Gasteiger partial charge in [0.1, 0.15) is 5.69 Å². The minimum Gasteiger partial charge on any atom is -0.352 e. The first-order valence-electron chi connectivity index (χ1n) is 9.92.